The maximum atomic E-state index is 14.3. The molecule has 2 rings (SSSR count). The Bertz CT molecular complexity index is 518. The van der Waals surface area contributed by atoms with Gasteiger partial charge in [0.2, 0.25) is 0 Å². The van der Waals surface area contributed by atoms with E-state index in [1.54, 1.807) is 13.0 Å². The van der Waals surface area contributed by atoms with E-state index in [2.05, 4.69) is 15.9 Å². The highest BCUT2D eigenvalue weighted by Gasteiger charge is 2.52. The van der Waals surface area contributed by atoms with Gasteiger partial charge in [-0.05, 0) is 56.6 Å². The summed E-state index contributed by atoms with van der Waals surface area (Å²) < 4.78 is 26.7. The topological polar surface area (TPSA) is 18.5 Å². The predicted molar refractivity (Wildman–Crippen MR) is 79.6 cm³/mol. The Balaban J connectivity index is 2.46. The van der Waals surface area contributed by atoms with Gasteiger partial charge in [-0.3, -0.25) is 0 Å². The average molecular weight is 349 g/mol. The van der Waals surface area contributed by atoms with Crippen LogP contribution in [0, 0.1) is 12.7 Å². The molecular weight excluding hydrogens is 333 g/mol. The van der Waals surface area contributed by atoms with Crippen molar-refractivity contribution < 1.29 is 13.7 Å². The third-order valence-electron chi connectivity index (χ3n) is 3.91. The monoisotopic (exact) mass is 348 g/mol. The van der Waals surface area contributed by atoms with E-state index in [0.717, 1.165) is 0 Å². The Hall–Kier alpha value is -0.0951. The second-order valence-electron chi connectivity index (χ2n) is 5.79. The quantitative estimate of drug-likeness (QED) is 0.566. The lowest BCUT2D eigenvalue weighted by atomic mass is 9.78. The second-order valence-corrected chi connectivity index (χ2v) is 7.02. The number of rotatable bonds is 1. The van der Waals surface area contributed by atoms with Crippen LogP contribution in [0.15, 0.2) is 10.5 Å². The SMILES string of the molecule is Cc1c(F)c(B2OC(C)(C)C(C)(C)O2)cc(Br)c1Cl. The zero-order chi connectivity index (χ0) is 14.6. The summed E-state index contributed by atoms with van der Waals surface area (Å²) >= 11 is 9.33. The summed E-state index contributed by atoms with van der Waals surface area (Å²) in [6.07, 6.45) is 0. The molecule has 1 fully saturated rings. The van der Waals surface area contributed by atoms with Crippen LogP contribution in [-0.2, 0) is 9.31 Å². The lowest BCUT2D eigenvalue weighted by Gasteiger charge is -2.32. The molecule has 0 bridgehead atoms. The number of halogens is 3. The minimum Gasteiger partial charge on any atom is -0.399 e. The summed E-state index contributed by atoms with van der Waals surface area (Å²) in [7, 11) is -0.725. The first-order chi connectivity index (χ1) is 8.57. The molecule has 1 aliphatic heterocycles. The minimum absolute atomic E-state index is 0.368. The van der Waals surface area contributed by atoms with E-state index in [0.29, 0.717) is 20.5 Å². The third kappa shape index (κ3) is 2.46. The molecule has 2 nitrogen and oxygen atoms in total. The van der Waals surface area contributed by atoms with Crippen LogP contribution in [0.4, 0.5) is 4.39 Å². The molecule has 0 atom stereocenters. The summed E-state index contributed by atoms with van der Waals surface area (Å²) in [5.41, 5.74) is -0.234. The van der Waals surface area contributed by atoms with Crippen molar-refractivity contribution in [3.63, 3.8) is 0 Å². The molecule has 0 radical (unpaired) electrons. The van der Waals surface area contributed by atoms with Crippen molar-refractivity contribution in [1.82, 2.24) is 0 Å². The van der Waals surface area contributed by atoms with Crippen LogP contribution in [-0.4, -0.2) is 18.3 Å². The Labute approximate surface area is 126 Å². The van der Waals surface area contributed by atoms with E-state index >= 15 is 0 Å². The molecule has 1 saturated heterocycles. The zero-order valence-corrected chi connectivity index (χ0v) is 13.9. The minimum atomic E-state index is -0.725. The Morgan fingerprint density at radius 3 is 2.16 bits per heavy atom. The van der Waals surface area contributed by atoms with Crippen LogP contribution in [0.3, 0.4) is 0 Å². The molecule has 0 aliphatic carbocycles. The lowest BCUT2D eigenvalue weighted by molar-refractivity contribution is 0.00578. The summed E-state index contributed by atoms with van der Waals surface area (Å²) in [4.78, 5) is 0. The van der Waals surface area contributed by atoms with Crippen molar-refractivity contribution >= 4 is 40.1 Å². The van der Waals surface area contributed by atoms with E-state index in [9.17, 15) is 4.39 Å². The molecule has 0 spiro atoms. The zero-order valence-electron chi connectivity index (χ0n) is 11.6. The highest BCUT2D eigenvalue weighted by molar-refractivity contribution is 9.10. The van der Waals surface area contributed by atoms with Gasteiger partial charge in [-0.25, -0.2) is 4.39 Å². The van der Waals surface area contributed by atoms with E-state index in [1.165, 1.54) is 0 Å². The van der Waals surface area contributed by atoms with E-state index in [1.807, 2.05) is 27.7 Å². The first-order valence-corrected chi connectivity index (χ1v) is 7.23. The van der Waals surface area contributed by atoms with Crippen LogP contribution >= 0.6 is 27.5 Å². The Morgan fingerprint density at radius 2 is 1.68 bits per heavy atom. The maximum Gasteiger partial charge on any atom is 0.497 e. The first kappa shape index (κ1) is 15.3. The average Bonchev–Trinajstić information content (AvgIpc) is 2.50. The molecule has 0 N–H and O–H groups in total. The van der Waals surface area contributed by atoms with Gasteiger partial charge in [0.05, 0.1) is 16.2 Å². The molecule has 1 heterocycles. The molecule has 1 aromatic rings. The summed E-state index contributed by atoms with van der Waals surface area (Å²) in [6.45, 7) is 9.37. The first-order valence-electron chi connectivity index (χ1n) is 6.06. The smallest absolute Gasteiger partial charge is 0.399 e. The normalized spacial score (nSPS) is 20.9. The fraction of sp³-hybridized carbons (Fsp3) is 0.538. The summed E-state index contributed by atoms with van der Waals surface area (Å²) in [6, 6.07) is 1.62. The maximum absolute atomic E-state index is 14.3. The van der Waals surface area contributed by atoms with E-state index < -0.39 is 18.3 Å². The van der Waals surface area contributed by atoms with Crippen LogP contribution in [0.2, 0.25) is 5.02 Å². The highest BCUT2D eigenvalue weighted by atomic mass is 79.9. The lowest BCUT2D eigenvalue weighted by Crippen LogP contribution is -2.41. The van der Waals surface area contributed by atoms with E-state index in [-0.39, 0.29) is 5.82 Å². The van der Waals surface area contributed by atoms with Gasteiger partial charge >= 0.3 is 7.12 Å². The third-order valence-corrected chi connectivity index (χ3v) is 5.25. The Kier molecular flexibility index (Phi) is 3.80. The van der Waals surface area contributed by atoms with Gasteiger partial charge < -0.3 is 9.31 Å². The van der Waals surface area contributed by atoms with Crippen molar-refractivity contribution in [2.24, 2.45) is 0 Å². The molecule has 0 amide bonds. The molecule has 104 valence electrons. The fourth-order valence-electron chi connectivity index (χ4n) is 1.90. The van der Waals surface area contributed by atoms with Crippen LogP contribution in [0.5, 0.6) is 0 Å². The van der Waals surface area contributed by atoms with Crippen molar-refractivity contribution in [2.45, 2.75) is 45.8 Å². The summed E-state index contributed by atoms with van der Waals surface area (Å²) in [5, 5.41) is 0.373. The highest BCUT2D eigenvalue weighted by Crippen LogP contribution is 2.37. The number of benzene rings is 1. The van der Waals surface area contributed by atoms with Gasteiger partial charge in [0.15, 0.2) is 0 Å². The van der Waals surface area contributed by atoms with Crippen LogP contribution in [0.25, 0.3) is 0 Å². The molecule has 1 aromatic carbocycles. The molecule has 19 heavy (non-hydrogen) atoms. The van der Waals surface area contributed by atoms with E-state index in [4.69, 9.17) is 20.9 Å². The van der Waals surface area contributed by atoms with Crippen molar-refractivity contribution in [3.8, 4) is 0 Å². The van der Waals surface area contributed by atoms with Gasteiger partial charge in [-0.1, -0.05) is 11.6 Å². The van der Waals surface area contributed by atoms with Gasteiger partial charge in [-0.15, -0.1) is 0 Å². The van der Waals surface area contributed by atoms with Crippen LogP contribution < -0.4 is 5.46 Å². The van der Waals surface area contributed by atoms with Crippen molar-refractivity contribution in [2.75, 3.05) is 0 Å². The van der Waals surface area contributed by atoms with Gasteiger partial charge in [0.25, 0.3) is 0 Å². The number of hydrogen-bond acceptors (Lipinski definition) is 2. The van der Waals surface area contributed by atoms with Crippen molar-refractivity contribution in [3.05, 3.63) is 26.9 Å². The molecule has 6 heteroatoms. The van der Waals surface area contributed by atoms with Gasteiger partial charge in [-0.2, -0.15) is 0 Å². The molecule has 0 unspecified atom stereocenters. The second kappa shape index (κ2) is 4.73. The largest absolute Gasteiger partial charge is 0.497 e. The van der Waals surface area contributed by atoms with Crippen LogP contribution in [0.1, 0.15) is 33.3 Å². The molecular formula is C13H16BBrClFO2. The Morgan fingerprint density at radius 1 is 1.21 bits per heavy atom. The summed E-state index contributed by atoms with van der Waals surface area (Å²) in [5.74, 6) is -0.383. The molecule has 1 aliphatic rings. The predicted octanol–water partition coefficient (Wildman–Crippen LogP) is 3.85. The fourth-order valence-corrected chi connectivity index (χ4v) is 2.58. The van der Waals surface area contributed by atoms with Gasteiger partial charge in [0.1, 0.15) is 5.82 Å². The van der Waals surface area contributed by atoms with Crippen molar-refractivity contribution in [1.29, 1.82) is 0 Å². The molecule has 0 aromatic heterocycles. The standard InChI is InChI=1S/C13H16BBrClFO2/c1-7-10(16)9(15)6-8(11(7)17)14-18-12(2,3)13(4,5)19-14/h6H,1-5H3. The number of hydrogen-bond donors (Lipinski definition) is 0. The molecule has 0 saturated carbocycles. The van der Waals surface area contributed by atoms with Gasteiger partial charge in [0, 0.05) is 15.5 Å².